The second kappa shape index (κ2) is 6.00. The minimum Gasteiger partial charge on any atom is -0.481 e. The Morgan fingerprint density at radius 3 is 3.00 bits per heavy atom. The fourth-order valence-electron chi connectivity index (χ4n) is 2.36. The van der Waals surface area contributed by atoms with E-state index < -0.39 is 0 Å². The zero-order valence-corrected chi connectivity index (χ0v) is 11.4. The topological polar surface area (TPSA) is 50.3 Å². The van der Waals surface area contributed by atoms with Crippen molar-refractivity contribution in [2.75, 3.05) is 32.6 Å². The van der Waals surface area contributed by atoms with Crippen molar-refractivity contribution in [3.8, 4) is 5.88 Å². The lowest BCUT2D eigenvalue weighted by atomic mass is 10.0. The van der Waals surface area contributed by atoms with Gasteiger partial charge in [0.05, 0.1) is 7.11 Å². The molecule has 100 valence electrons. The molecule has 18 heavy (non-hydrogen) atoms. The van der Waals surface area contributed by atoms with Crippen LogP contribution in [0.4, 0.5) is 5.82 Å². The van der Waals surface area contributed by atoms with Gasteiger partial charge < -0.3 is 15.0 Å². The van der Waals surface area contributed by atoms with E-state index in [-0.39, 0.29) is 0 Å². The summed E-state index contributed by atoms with van der Waals surface area (Å²) in [5.74, 6) is 2.19. The highest BCUT2D eigenvalue weighted by Gasteiger charge is 2.18. The Morgan fingerprint density at radius 1 is 1.44 bits per heavy atom. The lowest BCUT2D eigenvalue weighted by Gasteiger charge is -2.32. The molecule has 0 aromatic carbocycles. The van der Waals surface area contributed by atoms with Crippen molar-refractivity contribution in [1.29, 1.82) is 0 Å². The van der Waals surface area contributed by atoms with Crippen LogP contribution in [-0.4, -0.2) is 48.2 Å². The molecule has 0 aliphatic carbocycles. The molecule has 2 heterocycles. The molecule has 0 saturated carbocycles. The number of aryl methyl sites for hydroxylation is 1. The maximum absolute atomic E-state index is 5.15. The first-order valence-electron chi connectivity index (χ1n) is 6.53. The fourth-order valence-corrected chi connectivity index (χ4v) is 2.36. The van der Waals surface area contributed by atoms with Gasteiger partial charge in [-0.2, -0.15) is 4.98 Å². The van der Waals surface area contributed by atoms with Gasteiger partial charge in [0.15, 0.2) is 0 Å². The highest BCUT2D eigenvalue weighted by Crippen LogP contribution is 2.17. The first kappa shape index (κ1) is 13.1. The molecule has 1 fully saturated rings. The largest absolute Gasteiger partial charge is 0.481 e. The van der Waals surface area contributed by atoms with Gasteiger partial charge in [-0.1, -0.05) is 6.42 Å². The molecule has 5 nitrogen and oxygen atoms in total. The van der Waals surface area contributed by atoms with Crippen LogP contribution < -0.4 is 10.1 Å². The van der Waals surface area contributed by atoms with Gasteiger partial charge in [0, 0.05) is 18.7 Å². The van der Waals surface area contributed by atoms with E-state index >= 15 is 0 Å². The minimum absolute atomic E-state index is 0.597. The average molecular weight is 250 g/mol. The van der Waals surface area contributed by atoms with E-state index in [1.165, 1.54) is 25.8 Å². The number of hydrogen-bond donors (Lipinski definition) is 1. The lowest BCUT2D eigenvalue weighted by Crippen LogP contribution is -2.40. The maximum Gasteiger partial charge on any atom is 0.218 e. The third-order valence-corrected chi connectivity index (χ3v) is 3.46. The van der Waals surface area contributed by atoms with Gasteiger partial charge in [0.2, 0.25) is 5.88 Å². The van der Waals surface area contributed by atoms with Crippen LogP contribution in [0, 0.1) is 6.92 Å². The van der Waals surface area contributed by atoms with Crippen molar-refractivity contribution in [2.24, 2.45) is 0 Å². The summed E-state index contributed by atoms with van der Waals surface area (Å²) in [6, 6.07) is 2.44. The maximum atomic E-state index is 5.15. The molecule has 1 atom stereocenters. The number of piperidine rings is 1. The molecular weight excluding hydrogens is 228 g/mol. The summed E-state index contributed by atoms with van der Waals surface area (Å²) in [7, 11) is 3.82. The molecule has 2 rings (SSSR count). The number of ether oxygens (including phenoxy) is 1. The molecule has 1 unspecified atom stereocenters. The smallest absolute Gasteiger partial charge is 0.218 e. The highest BCUT2D eigenvalue weighted by atomic mass is 16.5. The molecular formula is C13H22N4O. The van der Waals surface area contributed by atoms with Crippen molar-refractivity contribution >= 4 is 5.82 Å². The number of hydrogen-bond acceptors (Lipinski definition) is 5. The summed E-state index contributed by atoms with van der Waals surface area (Å²) in [5, 5.41) is 3.39. The van der Waals surface area contributed by atoms with Gasteiger partial charge in [-0.25, -0.2) is 4.98 Å². The van der Waals surface area contributed by atoms with Crippen molar-refractivity contribution in [3.63, 3.8) is 0 Å². The van der Waals surface area contributed by atoms with Crippen LogP contribution in [0.15, 0.2) is 6.07 Å². The molecule has 1 aliphatic rings. The van der Waals surface area contributed by atoms with E-state index in [1.807, 2.05) is 13.0 Å². The van der Waals surface area contributed by atoms with Crippen LogP contribution in [0.25, 0.3) is 0 Å². The molecule has 0 radical (unpaired) electrons. The number of nitrogens with one attached hydrogen (secondary N) is 1. The Bertz CT molecular complexity index is 397. The van der Waals surface area contributed by atoms with Gasteiger partial charge >= 0.3 is 0 Å². The van der Waals surface area contributed by atoms with Crippen LogP contribution in [0.2, 0.25) is 0 Å². The first-order chi connectivity index (χ1) is 8.69. The minimum atomic E-state index is 0.597. The molecule has 1 aliphatic heterocycles. The number of nitrogens with zero attached hydrogens (tertiary/aromatic N) is 3. The third kappa shape index (κ3) is 3.32. The summed E-state index contributed by atoms with van der Waals surface area (Å²) in [6.45, 7) is 4.00. The van der Waals surface area contributed by atoms with Gasteiger partial charge in [0.25, 0.3) is 0 Å². The van der Waals surface area contributed by atoms with Crippen molar-refractivity contribution in [2.45, 2.75) is 32.2 Å². The normalized spacial score (nSPS) is 20.7. The molecule has 1 aromatic rings. The van der Waals surface area contributed by atoms with Gasteiger partial charge in [-0.3, -0.25) is 0 Å². The summed E-state index contributed by atoms with van der Waals surface area (Å²) in [6.07, 6.45) is 3.89. The van der Waals surface area contributed by atoms with E-state index in [4.69, 9.17) is 4.74 Å². The number of methoxy groups -OCH3 is 1. The number of anilines is 1. The molecule has 1 aromatic heterocycles. The van der Waals surface area contributed by atoms with Gasteiger partial charge in [-0.15, -0.1) is 0 Å². The van der Waals surface area contributed by atoms with Gasteiger partial charge in [-0.05, 0) is 33.4 Å². The van der Waals surface area contributed by atoms with E-state index in [0.717, 1.165) is 18.2 Å². The van der Waals surface area contributed by atoms with Gasteiger partial charge in [0.1, 0.15) is 11.6 Å². The van der Waals surface area contributed by atoms with Crippen molar-refractivity contribution < 1.29 is 4.74 Å². The number of rotatable bonds is 4. The molecule has 0 bridgehead atoms. The number of likely N-dealkylation sites (N-methyl/N-ethyl adjacent to an activating group) is 1. The zero-order valence-electron chi connectivity index (χ0n) is 11.4. The van der Waals surface area contributed by atoms with E-state index in [9.17, 15) is 0 Å². The predicted molar refractivity (Wildman–Crippen MR) is 72.1 cm³/mol. The Morgan fingerprint density at radius 2 is 2.28 bits per heavy atom. The van der Waals surface area contributed by atoms with E-state index in [2.05, 4.69) is 27.2 Å². The predicted octanol–water partition coefficient (Wildman–Crippen LogP) is 1.69. The van der Waals surface area contributed by atoms with Crippen LogP contribution in [-0.2, 0) is 0 Å². The van der Waals surface area contributed by atoms with Crippen LogP contribution in [0.5, 0.6) is 5.88 Å². The standard InChI is InChI=1S/C13H22N4O/c1-10-15-12(8-13(16-10)18-3)14-9-11-6-4-5-7-17(11)2/h8,11H,4-7,9H2,1-3H3,(H,14,15,16). The molecule has 1 N–H and O–H groups in total. The summed E-state index contributed by atoms with van der Waals surface area (Å²) in [5.41, 5.74) is 0. The van der Waals surface area contributed by atoms with Crippen molar-refractivity contribution in [3.05, 3.63) is 11.9 Å². The van der Waals surface area contributed by atoms with Crippen LogP contribution in [0.1, 0.15) is 25.1 Å². The Labute approximate surface area is 109 Å². The zero-order chi connectivity index (χ0) is 13.0. The second-order valence-electron chi connectivity index (χ2n) is 4.85. The summed E-state index contributed by atoms with van der Waals surface area (Å²) < 4.78 is 5.15. The molecule has 0 spiro atoms. The Balaban J connectivity index is 1.94. The summed E-state index contributed by atoms with van der Waals surface area (Å²) >= 11 is 0. The fraction of sp³-hybridized carbons (Fsp3) is 0.692. The average Bonchev–Trinajstić information content (AvgIpc) is 2.37. The molecule has 0 amide bonds. The highest BCUT2D eigenvalue weighted by molar-refractivity contribution is 5.38. The monoisotopic (exact) mass is 250 g/mol. The second-order valence-corrected chi connectivity index (χ2v) is 4.85. The summed E-state index contributed by atoms with van der Waals surface area (Å²) in [4.78, 5) is 11.0. The molecule has 1 saturated heterocycles. The number of likely N-dealkylation sites (tertiary alicyclic amines) is 1. The Hall–Kier alpha value is -1.36. The van der Waals surface area contributed by atoms with E-state index in [1.54, 1.807) is 7.11 Å². The lowest BCUT2D eigenvalue weighted by molar-refractivity contribution is 0.194. The SMILES string of the molecule is COc1cc(NCC2CCCCN2C)nc(C)n1. The Kier molecular flexibility index (Phi) is 4.36. The van der Waals surface area contributed by atoms with Crippen molar-refractivity contribution in [1.82, 2.24) is 14.9 Å². The van der Waals surface area contributed by atoms with Crippen LogP contribution in [0.3, 0.4) is 0 Å². The molecule has 5 heteroatoms. The third-order valence-electron chi connectivity index (χ3n) is 3.46. The first-order valence-corrected chi connectivity index (χ1v) is 6.53. The van der Waals surface area contributed by atoms with Crippen LogP contribution >= 0.6 is 0 Å². The quantitative estimate of drug-likeness (QED) is 0.881. The van der Waals surface area contributed by atoms with E-state index in [0.29, 0.717) is 11.9 Å². The number of aromatic nitrogens is 2.